The predicted molar refractivity (Wildman–Crippen MR) is 110 cm³/mol. The Morgan fingerprint density at radius 3 is 2.60 bits per heavy atom. The van der Waals surface area contributed by atoms with E-state index in [2.05, 4.69) is 37.7 Å². The molecule has 1 amide bonds. The van der Waals surface area contributed by atoms with Gasteiger partial charge in [-0.3, -0.25) is 9.78 Å². The van der Waals surface area contributed by atoms with Crippen molar-refractivity contribution in [2.45, 2.75) is 65.6 Å². The van der Waals surface area contributed by atoms with Gasteiger partial charge in [-0.1, -0.05) is 34.1 Å². The molecule has 0 bridgehead atoms. The molecule has 3 rings (SSSR count). The van der Waals surface area contributed by atoms with Crippen molar-refractivity contribution in [3.63, 3.8) is 0 Å². The molecule has 0 aromatic carbocycles. The maximum Gasteiger partial charge on any atom is 0.433 e. The van der Waals surface area contributed by atoms with Crippen molar-refractivity contribution < 1.29 is 18.0 Å². The first-order valence-corrected chi connectivity index (χ1v) is 10.5. The second kappa shape index (κ2) is 8.32. The maximum atomic E-state index is 13.4. The fourth-order valence-electron chi connectivity index (χ4n) is 4.47. The number of carbonyl (C=O) groups excluding carboxylic acids is 1. The van der Waals surface area contributed by atoms with Crippen molar-refractivity contribution >= 4 is 11.6 Å². The number of alkyl halides is 3. The summed E-state index contributed by atoms with van der Waals surface area (Å²) in [5.74, 6) is -0.243. The number of carbonyl (C=O) groups is 1. The van der Waals surface area contributed by atoms with Crippen LogP contribution in [-0.2, 0) is 25.4 Å². The number of fused-ring (bicyclic) bond motifs is 1. The van der Waals surface area contributed by atoms with E-state index in [4.69, 9.17) is 5.73 Å². The van der Waals surface area contributed by atoms with E-state index in [0.29, 0.717) is 13.0 Å². The number of halogens is 3. The summed E-state index contributed by atoms with van der Waals surface area (Å²) in [4.78, 5) is 22.1. The average Bonchev–Trinajstić information content (AvgIpc) is 3.03. The molecule has 0 aliphatic carbocycles. The summed E-state index contributed by atoms with van der Waals surface area (Å²) < 4.78 is 38.8. The van der Waals surface area contributed by atoms with E-state index in [-0.39, 0.29) is 29.1 Å². The molecule has 0 fully saturated rings. The number of nitrogen functional groups attached to an aromatic ring is 1. The van der Waals surface area contributed by atoms with E-state index in [1.807, 2.05) is 0 Å². The molecule has 30 heavy (non-hydrogen) atoms. The molecule has 164 valence electrons. The van der Waals surface area contributed by atoms with Gasteiger partial charge in [-0.2, -0.15) is 13.2 Å². The van der Waals surface area contributed by atoms with Crippen molar-refractivity contribution in [2.75, 3.05) is 12.3 Å². The molecule has 2 aromatic heterocycles. The second-order valence-electron chi connectivity index (χ2n) is 8.17. The van der Waals surface area contributed by atoms with Crippen LogP contribution in [0.15, 0.2) is 12.3 Å². The number of nitrogens with one attached hydrogen (secondary N) is 1. The zero-order chi connectivity index (χ0) is 22.2. The van der Waals surface area contributed by atoms with Gasteiger partial charge in [0.25, 0.3) is 5.91 Å². The second-order valence-corrected chi connectivity index (χ2v) is 8.17. The minimum absolute atomic E-state index is 0.0143. The molecular weight excluding hydrogens is 393 g/mol. The summed E-state index contributed by atoms with van der Waals surface area (Å²) in [6, 6.07) is 0.571. The normalized spacial score (nSPS) is 16.8. The van der Waals surface area contributed by atoms with E-state index in [0.717, 1.165) is 37.2 Å². The first kappa shape index (κ1) is 22.2. The zero-order valence-corrected chi connectivity index (χ0v) is 17.9. The van der Waals surface area contributed by atoms with Crippen molar-refractivity contribution in [2.24, 2.45) is 5.92 Å². The van der Waals surface area contributed by atoms with Gasteiger partial charge in [-0.05, 0) is 36.0 Å². The lowest BCUT2D eigenvalue weighted by Crippen LogP contribution is -2.42. The van der Waals surface area contributed by atoms with E-state index >= 15 is 0 Å². The first-order valence-electron chi connectivity index (χ1n) is 10.5. The van der Waals surface area contributed by atoms with Gasteiger partial charge in [0.05, 0.1) is 11.6 Å². The number of nitrogens with zero attached hydrogens (tertiary/aromatic N) is 2. The van der Waals surface area contributed by atoms with E-state index in [1.54, 1.807) is 4.90 Å². The molecular formula is C22H29F3N4O. The van der Waals surface area contributed by atoms with Gasteiger partial charge in [0.2, 0.25) is 0 Å². The van der Waals surface area contributed by atoms with Crippen molar-refractivity contribution in [1.82, 2.24) is 14.9 Å². The third-order valence-corrected chi connectivity index (χ3v) is 5.75. The van der Waals surface area contributed by atoms with Gasteiger partial charge < -0.3 is 15.6 Å². The van der Waals surface area contributed by atoms with Crippen LogP contribution in [0.2, 0.25) is 0 Å². The Hall–Kier alpha value is -2.51. The van der Waals surface area contributed by atoms with Gasteiger partial charge in [-0.25, -0.2) is 0 Å². The molecule has 0 saturated carbocycles. The zero-order valence-electron chi connectivity index (χ0n) is 17.9. The standard InChI is InChI=1S/C22H29F3N4O/c1-5-7-13-16(6-2)28-17-8-9-29(20(12(3)4)19(13)17)21(30)14-11-27-18(10-15(14)26)22(23,24)25/h10-12,20,28H,5-9H2,1-4H3,(H2,26,27). The van der Waals surface area contributed by atoms with Crippen molar-refractivity contribution in [1.29, 1.82) is 0 Å². The number of amides is 1. The van der Waals surface area contributed by atoms with Crippen LogP contribution in [0.4, 0.5) is 18.9 Å². The van der Waals surface area contributed by atoms with Crippen LogP contribution < -0.4 is 5.73 Å². The SMILES string of the molecule is CCCc1c(CC)[nH]c2c1C(C(C)C)N(C(=O)c1cnc(C(F)(F)F)cc1N)CC2. The number of hydrogen-bond acceptors (Lipinski definition) is 3. The van der Waals surface area contributed by atoms with Crippen molar-refractivity contribution in [3.05, 3.63) is 46.0 Å². The summed E-state index contributed by atoms with van der Waals surface area (Å²) in [6.07, 6.45) is -0.177. The van der Waals surface area contributed by atoms with Gasteiger partial charge in [0.1, 0.15) is 5.69 Å². The molecule has 1 aliphatic heterocycles. The molecule has 3 heterocycles. The highest BCUT2D eigenvalue weighted by molar-refractivity contribution is 5.99. The van der Waals surface area contributed by atoms with Crippen LogP contribution in [0.5, 0.6) is 0 Å². The van der Waals surface area contributed by atoms with Gasteiger partial charge >= 0.3 is 6.18 Å². The number of aromatic nitrogens is 2. The number of hydrogen-bond donors (Lipinski definition) is 2. The number of anilines is 1. The molecule has 0 saturated heterocycles. The molecule has 1 atom stereocenters. The van der Waals surface area contributed by atoms with E-state index < -0.39 is 11.9 Å². The van der Waals surface area contributed by atoms with Crippen LogP contribution in [0.3, 0.4) is 0 Å². The number of rotatable bonds is 5. The van der Waals surface area contributed by atoms with Crippen LogP contribution in [-0.4, -0.2) is 27.3 Å². The number of aromatic amines is 1. The Kier molecular flexibility index (Phi) is 6.15. The lowest BCUT2D eigenvalue weighted by molar-refractivity contribution is -0.141. The molecule has 3 N–H and O–H groups in total. The number of H-pyrrole nitrogens is 1. The summed E-state index contributed by atoms with van der Waals surface area (Å²) in [7, 11) is 0. The molecule has 5 nitrogen and oxygen atoms in total. The van der Waals surface area contributed by atoms with Gasteiger partial charge in [-0.15, -0.1) is 0 Å². The van der Waals surface area contributed by atoms with Gasteiger partial charge in [0, 0.05) is 36.2 Å². The Bertz CT molecular complexity index is 933. The highest BCUT2D eigenvalue weighted by Crippen LogP contribution is 2.40. The Balaban J connectivity index is 2.03. The highest BCUT2D eigenvalue weighted by Gasteiger charge is 2.38. The number of pyridine rings is 1. The Morgan fingerprint density at radius 2 is 2.07 bits per heavy atom. The molecule has 8 heteroatoms. The monoisotopic (exact) mass is 422 g/mol. The lowest BCUT2D eigenvalue weighted by Gasteiger charge is -2.39. The topological polar surface area (TPSA) is 75.0 Å². The third kappa shape index (κ3) is 3.91. The third-order valence-electron chi connectivity index (χ3n) is 5.75. The summed E-state index contributed by atoms with van der Waals surface area (Å²) in [5, 5.41) is 0. The van der Waals surface area contributed by atoms with Crippen LogP contribution in [0, 0.1) is 5.92 Å². The molecule has 2 aromatic rings. The smallest absolute Gasteiger partial charge is 0.398 e. The van der Waals surface area contributed by atoms with Crippen LogP contribution in [0.1, 0.15) is 78.7 Å². The summed E-state index contributed by atoms with van der Waals surface area (Å²) in [5.41, 5.74) is 9.37. The summed E-state index contributed by atoms with van der Waals surface area (Å²) in [6.45, 7) is 8.83. The molecule has 0 spiro atoms. The number of aryl methyl sites for hydroxylation is 1. The largest absolute Gasteiger partial charge is 0.433 e. The van der Waals surface area contributed by atoms with E-state index in [9.17, 15) is 18.0 Å². The molecule has 1 aliphatic rings. The minimum atomic E-state index is -4.60. The minimum Gasteiger partial charge on any atom is -0.398 e. The Morgan fingerprint density at radius 1 is 1.37 bits per heavy atom. The van der Waals surface area contributed by atoms with Crippen LogP contribution >= 0.6 is 0 Å². The maximum absolute atomic E-state index is 13.4. The summed E-state index contributed by atoms with van der Waals surface area (Å²) >= 11 is 0. The average molecular weight is 422 g/mol. The van der Waals surface area contributed by atoms with E-state index in [1.165, 1.54) is 16.8 Å². The fraction of sp³-hybridized carbons (Fsp3) is 0.545. The molecule has 0 radical (unpaired) electrons. The first-order chi connectivity index (χ1) is 14.1. The lowest BCUT2D eigenvalue weighted by atomic mass is 9.85. The number of nitrogens with two attached hydrogens (primary N) is 1. The highest BCUT2D eigenvalue weighted by atomic mass is 19.4. The van der Waals surface area contributed by atoms with Crippen LogP contribution in [0.25, 0.3) is 0 Å². The predicted octanol–water partition coefficient (Wildman–Crippen LogP) is 4.92. The van der Waals surface area contributed by atoms with Crippen molar-refractivity contribution in [3.8, 4) is 0 Å². The Labute approximate surface area is 174 Å². The molecule has 1 unspecified atom stereocenters. The fourth-order valence-corrected chi connectivity index (χ4v) is 4.47. The quantitative estimate of drug-likeness (QED) is 0.718. The van der Waals surface area contributed by atoms with Gasteiger partial charge in [0.15, 0.2) is 0 Å².